The normalized spacial score (nSPS) is 52.7. The molecule has 6 heteroatoms. The van der Waals surface area contributed by atoms with Crippen molar-refractivity contribution in [3.63, 3.8) is 0 Å². The molecule has 0 aromatic carbocycles. The van der Waals surface area contributed by atoms with Gasteiger partial charge in [0.25, 0.3) is 0 Å². The predicted octanol–water partition coefficient (Wildman–Crippen LogP) is 1.21. The van der Waals surface area contributed by atoms with Crippen molar-refractivity contribution >= 4 is 5.97 Å². The van der Waals surface area contributed by atoms with Gasteiger partial charge in [0, 0.05) is 28.7 Å². The van der Waals surface area contributed by atoms with Gasteiger partial charge >= 0.3 is 5.97 Å². The van der Waals surface area contributed by atoms with E-state index in [9.17, 15) is 25.8 Å². The molecule has 106 valence electrons. The minimum atomic E-state index is -3.16. The molecule has 0 N–H and O–H groups in total. The standard InChI is InChI=1S/C16H10N4O2/c1-22-14(21)10-4-9-11-2-3-12(13(9)10)16(7-19,8-20)15(11,5-17)6-18/h2-4,9,11-13H,1H3/i2D,3D,9D,11D,12D,13D. The number of nitriles is 4. The lowest BCUT2D eigenvalue weighted by Crippen LogP contribution is -2.63. The number of carbonyl (C=O) groups excluding carboxylic acids is 1. The maximum atomic E-state index is 12.1. The van der Waals surface area contributed by atoms with Crippen LogP contribution in [0.3, 0.4) is 0 Å². The maximum absolute atomic E-state index is 12.1. The number of ether oxygens (including phenoxy) is 1. The van der Waals surface area contributed by atoms with Crippen LogP contribution in [0.15, 0.2) is 23.8 Å². The summed E-state index contributed by atoms with van der Waals surface area (Å²) >= 11 is 0. The Bertz CT molecular complexity index is 1060. The van der Waals surface area contributed by atoms with E-state index in [-0.39, 0.29) is 0 Å². The van der Waals surface area contributed by atoms with E-state index in [1.807, 2.05) is 0 Å². The lowest BCUT2D eigenvalue weighted by atomic mass is 9.38. The summed E-state index contributed by atoms with van der Waals surface area (Å²) in [5.41, 5.74) is -6.79. The zero-order valence-corrected chi connectivity index (χ0v) is 11.2. The summed E-state index contributed by atoms with van der Waals surface area (Å²) in [6.45, 7) is 0. The molecular weight excluding hydrogens is 280 g/mol. The number of hydrogen-bond donors (Lipinski definition) is 0. The number of esters is 1. The Morgan fingerprint density at radius 3 is 2.18 bits per heavy atom. The first-order chi connectivity index (χ1) is 12.9. The highest BCUT2D eigenvalue weighted by atomic mass is 16.5. The molecule has 1 saturated carbocycles. The van der Waals surface area contributed by atoms with E-state index in [2.05, 4.69) is 4.74 Å². The molecule has 4 rings (SSSR count). The van der Waals surface area contributed by atoms with Crippen molar-refractivity contribution in [2.24, 2.45) is 34.4 Å². The fourth-order valence-corrected chi connectivity index (χ4v) is 2.91. The van der Waals surface area contributed by atoms with E-state index in [0.29, 0.717) is 0 Å². The van der Waals surface area contributed by atoms with Gasteiger partial charge in [-0.05, 0) is 5.89 Å². The summed E-state index contributed by atoms with van der Waals surface area (Å²) in [6, 6.07) is 3.31. The molecule has 4 aliphatic carbocycles. The van der Waals surface area contributed by atoms with Crippen LogP contribution in [-0.2, 0) is 9.53 Å². The Kier molecular flexibility index (Phi) is 1.60. The van der Waals surface area contributed by atoms with Crippen molar-refractivity contribution in [1.29, 1.82) is 21.0 Å². The summed E-state index contributed by atoms with van der Waals surface area (Å²) in [7, 11) is 0.953. The van der Waals surface area contributed by atoms with Gasteiger partial charge in [-0.1, -0.05) is 18.2 Å². The summed E-state index contributed by atoms with van der Waals surface area (Å²) < 4.78 is 56.1. The Labute approximate surface area is 135 Å². The fraction of sp³-hybridized carbons (Fsp3) is 0.438. The fourth-order valence-electron chi connectivity index (χ4n) is 2.91. The lowest BCUT2D eigenvalue weighted by Gasteiger charge is -2.59. The van der Waals surface area contributed by atoms with E-state index >= 15 is 0 Å². The van der Waals surface area contributed by atoms with Crippen molar-refractivity contribution < 1.29 is 17.8 Å². The topological polar surface area (TPSA) is 121 Å². The molecule has 1 fully saturated rings. The van der Waals surface area contributed by atoms with Crippen LogP contribution >= 0.6 is 0 Å². The number of rotatable bonds is 1. The van der Waals surface area contributed by atoms with Gasteiger partial charge in [-0.15, -0.1) is 0 Å². The molecular formula is C16H10N4O2. The average Bonchev–Trinajstić information content (AvgIpc) is 2.70. The Morgan fingerprint density at radius 1 is 1.18 bits per heavy atom. The van der Waals surface area contributed by atoms with Gasteiger partial charge in [0.1, 0.15) is 0 Å². The SMILES string of the molecule is [2H]C1=C([2H])C2([2H])C(C#N)(C#N)C(C#N)(C#N)C1([2H])C1([2H])C=C(C(=O)OC)C12[2H]. The minimum Gasteiger partial charge on any atom is -0.466 e. The third kappa shape index (κ3) is 1.15. The number of methoxy groups -OCH3 is 1. The van der Waals surface area contributed by atoms with Gasteiger partial charge in [-0.3, -0.25) is 0 Å². The molecule has 22 heavy (non-hydrogen) atoms. The third-order valence-corrected chi connectivity index (χ3v) is 4.05. The zero-order valence-electron chi connectivity index (χ0n) is 17.2. The smallest absolute Gasteiger partial charge is 0.333 e. The zero-order chi connectivity index (χ0) is 21.6. The second-order valence-corrected chi connectivity index (χ2v) is 4.79. The number of allylic oxidation sites excluding steroid dienone is 3. The van der Waals surface area contributed by atoms with Gasteiger partial charge in [-0.25, -0.2) is 4.79 Å². The van der Waals surface area contributed by atoms with Crippen LogP contribution in [0.25, 0.3) is 0 Å². The second kappa shape index (κ2) is 4.20. The van der Waals surface area contributed by atoms with Crippen molar-refractivity contribution in [2.75, 3.05) is 7.11 Å². The van der Waals surface area contributed by atoms with Crippen LogP contribution in [0.1, 0.15) is 8.22 Å². The molecule has 0 radical (unpaired) electrons. The highest BCUT2D eigenvalue weighted by molar-refractivity contribution is 5.91. The average molecular weight is 296 g/mol. The molecule has 2 bridgehead atoms. The maximum Gasteiger partial charge on any atom is 0.333 e. The quantitative estimate of drug-likeness (QED) is 0.529. The number of nitrogens with zero attached hydrogens (tertiary/aromatic N) is 4. The number of hydrogen-bond acceptors (Lipinski definition) is 6. The minimum absolute atomic E-state index is 0.645. The van der Waals surface area contributed by atoms with Crippen LogP contribution in [0.2, 0.25) is 0 Å². The van der Waals surface area contributed by atoms with Gasteiger partial charge in [-0.2, -0.15) is 21.0 Å². The Hall–Kier alpha value is -3.09. The third-order valence-electron chi connectivity index (χ3n) is 4.05. The monoisotopic (exact) mass is 296 g/mol. The largest absolute Gasteiger partial charge is 0.466 e. The van der Waals surface area contributed by atoms with Gasteiger partial charge in [0.2, 0.25) is 0 Å². The van der Waals surface area contributed by atoms with Crippen LogP contribution in [0.4, 0.5) is 0 Å². The summed E-state index contributed by atoms with van der Waals surface area (Å²) in [5, 5.41) is 39.2. The highest BCUT2D eigenvalue weighted by Crippen LogP contribution is 2.68. The highest BCUT2D eigenvalue weighted by Gasteiger charge is 2.73. The van der Waals surface area contributed by atoms with Crippen LogP contribution in [-0.4, -0.2) is 13.1 Å². The Morgan fingerprint density at radius 2 is 1.68 bits per heavy atom. The molecule has 0 heterocycles. The molecule has 0 amide bonds. The molecule has 6 nitrogen and oxygen atoms in total. The van der Waals surface area contributed by atoms with Crippen LogP contribution < -0.4 is 0 Å². The molecule has 0 aromatic heterocycles. The second-order valence-electron chi connectivity index (χ2n) is 4.79. The molecule has 0 aromatic rings. The van der Waals surface area contributed by atoms with Gasteiger partial charge in [0.15, 0.2) is 10.8 Å². The molecule has 0 saturated heterocycles. The van der Waals surface area contributed by atoms with Crippen LogP contribution in [0.5, 0.6) is 0 Å². The molecule has 4 atom stereocenters. The lowest BCUT2D eigenvalue weighted by molar-refractivity contribution is -0.139. The molecule has 0 spiro atoms. The van der Waals surface area contributed by atoms with Gasteiger partial charge < -0.3 is 4.74 Å². The summed E-state index contributed by atoms with van der Waals surface area (Å²) in [5.74, 6) is -13.0. The van der Waals surface area contributed by atoms with Crippen molar-refractivity contribution in [3.05, 3.63) is 23.8 Å². The van der Waals surface area contributed by atoms with Crippen LogP contribution in [0, 0.1) is 79.7 Å². The van der Waals surface area contributed by atoms with Crippen molar-refractivity contribution in [1.82, 2.24) is 0 Å². The molecule has 0 aliphatic heterocycles. The van der Waals surface area contributed by atoms with E-state index in [1.54, 1.807) is 0 Å². The number of carbonyl (C=O) groups is 1. The molecule has 4 unspecified atom stereocenters. The number of fused-ring (bicyclic) bond motifs is 1. The first-order valence-electron chi connectivity index (χ1n) is 9.04. The van der Waals surface area contributed by atoms with Crippen molar-refractivity contribution in [2.45, 2.75) is 0 Å². The van der Waals surface area contributed by atoms with E-state index in [0.717, 1.165) is 13.2 Å². The van der Waals surface area contributed by atoms with E-state index in [4.69, 9.17) is 8.22 Å². The van der Waals surface area contributed by atoms with Crippen molar-refractivity contribution in [3.8, 4) is 24.3 Å². The van der Waals surface area contributed by atoms with E-state index < -0.39 is 58.1 Å². The first-order valence-corrected chi connectivity index (χ1v) is 6.04. The first kappa shape index (κ1) is 8.38. The van der Waals surface area contributed by atoms with E-state index in [1.165, 1.54) is 24.3 Å². The predicted molar refractivity (Wildman–Crippen MR) is 70.5 cm³/mol. The summed E-state index contributed by atoms with van der Waals surface area (Å²) in [4.78, 5) is 12.1. The molecule has 4 aliphatic rings. The van der Waals surface area contributed by atoms with Gasteiger partial charge in [0.05, 0.1) is 34.1 Å². The Balaban J connectivity index is 2.68. The summed E-state index contributed by atoms with van der Waals surface area (Å²) in [6.07, 6.45) is 0.741.